The van der Waals surface area contributed by atoms with Gasteiger partial charge in [-0.3, -0.25) is 0 Å². The van der Waals surface area contributed by atoms with Gasteiger partial charge in [0.1, 0.15) is 0 Å². The number of nitrogens with one attached hydrogen (secondary N) is 1. The first-order valence-corrected chi connectivity index (χ1v) is 8.61. The summed E-state index contributed by atoms with van der Waals surface area (Å²) in [7, 11) is 4.15. The second-order valence-electron chi connectivity index (χ2n) is 5.02. The van der Waals surface area contributed by atoms with E-state index in [1.165, 1.54) is 15.4 Å². The standard InChI is InChI=1S/C17H18N2S2/c1-19(2)14-8-4-3-7-13(14)18-17(15-9-5-11-20-15)16-10-6-12-21-16/h3-12,17-18H,1-2H3. The minimum absolute atomic E-state index is 0.214. The van der Waals surface area contributed by atoms with Crippen LogP contribution in [0.15, 0.2) is 59.3 Å². The summed E-state index contributed by atoms with van der Waals surface area (Å²) in [6.07, 6.45) is 0. The van der Waals surface area contributed by atoms with Gasteiger partial charge in [-0.25, -0.2) is 0 Å². The number of rotatable bonds is 5. The molecule has 0 saturated carbocycles. The zero-order valence-corrected chi connectivity index (χ0v) is 13.7. The Bertz CT molecular complexity index is 638. The first-order chi connectivity index (χ1) is 10.3. The highest BCUT2D eigenvalue weighted by atomic mass is 32.1. The summed E-state index contributed by atoms with van der Waals surface area (Å²) in [6, 6.07) is 17.3. The summed E-state index contributed by atoms with van der Waals surface area (Å²) in [6.45, 7) is 0. The number of hydrogen-bond donors (Lipinski definition) is 1. The van der Waals surface area contributed by atoms with Gasteiger partial charge in [0.05, 0.1) is 17.4 Å². The maximum Gasteiger partial charge on any atom is 0.0954 e. The van der Waals surface area contributed by atoms with Crippen LogP contribution in [-0.2, 0) is 0 Å². The number of nitrogens with zero attached hydrogens (tertiary/aromatic N) is 1. The summed E-state index contributed by atoms with van der Waals surface area (Å²) in [4.78, 5) is 4.82. The lowest BCUT2D eigenvalue weighted by atomic mass is 10.1. The molecular formula is C17H18N2S2. The lowest BCUT2D eigenvalue weighted by Crippen LogP contribution is -2.15. The Balaban J connectivity index is 1.96. The molecule has 0 saturated heterocycles. The highest BCUT2D eigenvalue weighted by molar-refractivity contribution is 7.11. The van der Waals surface area contributed by atoms with Gasteiger partial charge in [0.2, 0.25) is 0 Å². The van der Waals surface area contributed by atoms with E-state index in [-0.39, 0.29) is 6.04 Å². The lowest BCUT2D eigenvalue weighted by Gasteiger charge is -2.23. The van der Waals surface area contributed by atoms with Crippen LogP contribution >= 0.6 is 22.7 Å². The predicted octanol–water partition coefficient (Wildman–Crippen LogP) is 5.08. The second kappa shape index (κ2) is 6.33. The molecule has 2 nitrogen and oxygen atoms in total. The molecule has 0 bridgehead atoms. The molecule has 0 atom stereocenters. The average Bonchev–Trinajstić information content (AvgIpc) is 3.18. The van der Waals surface area contributed by atoms with E-state index in [0.717, 1.165) is 5.69 Å². The van der Waals surface area contributed by atoms with E-state index in [1.807, 2.05) is 0 Å². The molecule has 0 fully saturated rings. The van der Waals surface area contributed by atoms with E-state index in [4.69, 9.17) is 0 Å². The molecule has 0 aliphatic carbocycles. The van der Waals surface area contributed by atoms with Gasteiger partial charge in [-0.1, -0.05) is 24.3 Å². The highest BCUT2D eigenvalue weighted by Crippen LogP contribution is 2.35. The normalized spacial score (nSPS) is 10.8. The summed E-state index contributed by atoms with van der Waals surface area (Å²) < 4.78 is 0. The quantitative estimate of drug-likeness (QED) is 0.706. The Labute approximate surface area is 133 Å². The van der Waals surface area contributed by atoms with Crippen molar-refractivity contribution in [3.63, 3.8) is 0 Å². The van der Waals surface area contributed by atoms with E-state index in [0.29, 0.717) is 0 Å². The third-order valence-electron chi connectivity index (χ3n) is 3.34. The van der Waals surface area contributed by atoms with Crippen LogP contribution in [0.5, 0.6) is 0 Å². The first kappa shape index (κ1) is 14.2. The lowest BCUT2D eigenvalue weighted by molar-refractivity contribution is 0.986. The fourth-order valence-corrected chi connectivity index (χ4v) is 4.00. The van der Waals surface area contributed by atoms with E-state index in [2.05, 4.69) is 83.6 Å². The summed E-state index contributed by atoms with van der Waals surface area (Å²) in [5.41, 5.74) is 2.37. The van der Waals surface area contributed by atoms with Gasteiger partial charge in [0, 0.05) is 23.8 Å². The Morgan fingerprint density at radius 3 is 2.00 bits per heavy atom. The Morgan fingerprint density at radius 2 is 1.48 bits per heavy atom. The molecule has 3 rings (SSSR count). The van der Waals surface area contributed by atoms with Crippen molar-refractivity contribution in [1.82, 2.24) is 0 Å². The Kier molecular flexibility index (Phi) is 4.27. The van der Waals surface area contributed by atoms with Crippen molar-refractivity contribution in [2.24, 2.45) is 0 Å². The number of anilines is 2. The van der Waals surface area contributed by atoms with Crippen molar-refractivity contribution in [2.75, 3.05) is 24.3 Å². The van der Waals surface area contributed by atoms with Gasteiger partial charge < -0.3 is 10.2 Å². The van der Waals surface area contributed by atoms with Crippen LogP contribution in [0.25, 0.3) is 0 Å². The third-order valence-corrected chi connectivity index (χ3v) is 5.22. The fourth-order valence-electron chi connectivity index (χ4n) is 2.33. The maximum atomic E-state index is 3.71. The molecule has 2 heterocycles. The van der Waals surface area contributed by atoms with Gasteiger partial charge in [0.25, 0.3) is 0 Å². The predicted molar refractivity (Wildman–Crippen MR) is 94.9 cm³/mol. The summed E-state index contributed by atoms with van der Waals surface area (Å²) in [5, 5.41) is 7.98. The number of para-hydroxylation sites is 2. The van der Waals surface area contributed by atoms with Crippen molar-refractivity contribution in [3.8, 4) is 0 Å². The molecule has 0 aliphatic heterocycles. The minimum Gasteiger partial charge on any atom is -0.376 e. The maximum absolute atomic E-state index is 3.71. The molecule has 4 heteroatoms. The molecule has 2 aromatic heterocycles. The summed E-state index contributed by atoms with van der Waals surface area (Å²) >= 11 is 3.59. The molecule has 0 radical (unpaired) electrons. The molecule has 1 aromatic carbocycles. The number of hydrogen-bond acceptors (Lipinski definition) is 4. The molecular weight excluding hydrogens is 296 g/mol. The molecule has 0 aliphatic rings. The van der Waals surface area contributed by atoms with Crippen LogP contribution in [0.1, 0.15) is 15.8 Å². The van der Waals surface area contributed by atoms with Gasteiger partial charge in [-0.05, 0) is 35.0 Å². The van der Waals surface area contributed by atoms with Crippen LogP contribution in [0.3, 0.4) is 0 Å². The van der Waals surface area contributed by atoms with E-state index in [9.17, 15) is 0 Å². The molecule has 0 unspecified atom stereocenters. The van der Waals surface area contributed by atoms with Gasteiger partial charge in [-0.15, -0.1) is 22.7 Å². The topological polar surface area (TPSA) is 15.3 Å². The zero-order valence-electron chi connectivity index (χ0n) is 12.1. The molecule has 0 amide bonds. The number of benzene rings is 1. The van der Waals surface area contributed by atoms with Crippen molar-refractivity contribution in [1.29, 1.82) is 0 Å². The second-order valence-corrected chi connectivity index (χ2v) is 6.98. The Morgan fingerprint density at radius 1 is 0.857 bits per heavy atom. The highest BCUT2D eigenvalue weighted by Gasteiger charge is 2.17. The van der Waals surface area contributed by atoms with Crippen LogP contribution in [0.4, 0.5) is 11.4 Å². The van der Waals surface area contributed by atoms with Gasteiger partial charge in [0.15, 0.2) is 0 Å². The molecule has 108 valence electrons. The van der Waals surface area contributed by atoms with E-state index >= 15 is 0 Å². The summed E-state index contributed by atoms with van der Waals surface area (Å²) in [5.74, 6) is 0. The van der Waals surface area contributed by atoms with E-state index in [1.54, 1.807) is 22.7 Å². The smallest absolute Gasteiger partial charge is 0.0954 e. The fraction of sp³-hybridized carbons (Fsp3) is 0.176. The van der Waals surface area contributed by atoms with Crippen LogP contribution < -0.4 is 10.2 Å². The minimum atomic E-state index is 0.214. The zero-order chi connectivity index (χ0) is 14.7. The molecule has 1 N–H and O–H groups in total. The number of thiophene rings is 2. The Hall–Kier alpha value is -1.78. The van der Waals surface area contributed by atoms with Crippen molar-refractivity contribution in [2.45, 2.75) is 6.04 Å². The largest absolute Gasteiger partial charge is 0.376 e. The first-order valence-electron chi connectivity index (χ1n) is 6.85. The van der Waals surface area contributed by atoms with Crippen molar-refractivity contribution >= 4 is 34.0 Å². The van der Waals surface area contributed by atoms with E-state index < -0.39 is 0 Å². The molecule has 3 aromatic rings. The van der Waals surface area contributed by atoms with Crippen LogP contribution in [0.2, 0.25) is 0 Å². The molecule has 21 heavy (non-hydrogen) atoms. The van der Waals surface area contributed by atoms with Crippen LogP contribution in [0, 0.1) is 0 Å². The van der Waals surface area contributed by atoms with Gasteiger partial charge >= 0.3 is 0 Å². The van der Waals surface area contributed by atoms with Crippen molar-refractivity contribution in [3.05, 3.63) is 69.0 Å². The molecule has 0 spiro atoms. The third kappa shape index (κ3) is 3.12. The van der Waals surface area contributed by atoms with Gasteiger partial charge in [-0.2, -0.15) is 0 Å². The van der Waals surface area contributed by atoms with Crippen LogP contribution in [-0.4, -0.2) is 14.1 Å². The van der Waals surface area contributed by atoms with Crippen molar-refractivity contribution < 1.29 is 0 Å². The monoisotopic (exact) mass is 314 g/mol. The SMILES string of the molecule is CN(C)c1ccccc1NC(c1cccs1)c1cccs1. The average molecular weight is 314 g/mol.